The largest absolute Gasteiger partial charge is 0.377 e. The molecule has 17 heavy (non-hydrogen) atoms. The Morgan fingerprint density at radius 1 is 1.18 bits per heavy atom. The summed E-state index contributed by atoms with van der Waals surface area (Å²) in [4.78, 5) is 3.98. The lowest BCUT2D eigenvalue weighted by Gasteiger charge is -2.15. The van der Waals surface area contributed by atoms with Gasteiger partial charge >= 0.3 is 0 Å². The molecule has 0 fully saturated rings. The number of anilines is 1. The summed E-state index contributed by atoms with van der Waals surface area (Å²) in [6.07, 6.45) is 1.67. The molecule has 1 aromatic carbocycles. The Labute approximate surface area is 104 Å². The molecule has 1 unspecified atom stereocenters. The summed E-state index contributed by atoms with van der Waals surface area (Å²) >= 11 is 5.70. The van der Waals surface area contributed by atoms with Gasteiger partial charge < -0.3 is 5.32 Å². The van der Waals surface area contributed by atoms with E-state index in [2.05, 4.69) is 10.3 Å². The van der Waals surface area contributed by atoms with Crippen molar-refractivity contribution in [1.29, 1.82) is 0 Å². The monoisotopic (exact) mass is 250 g/mol. The van der Waals surface area contributed by atoms with Crippen LogP contribution in [0.2, 0.25) is 5.15 Å². The highest BCUT2D eigenvalue weighted by Gasteiger charge is 2.05. The average molecular weight is 251 g/mol. The van der Waals surface area contributed by atoms with Crippen molar-refractivity contribution in [3.8, 4) is 0 Å². The molecule has 2 rings (SSSR count). The van der Waals surface area contributed by atoms with Crippen molar-refractivity contribution >= 4 is 17.3 Å². The van der Waals surface area contributed by atoms with Gasteiger partial charge in [0.05, 0.1) is 11.9 Å². The number of pyridine rings is 1. The third-order valence-corrected chi connectivity index (χ3v) is 2.70. The van der Waals surface area contributed by atoms with E-state index in [0.29, 0.717) is 5.15 Å². The standard InChI is InChI=1S/C13H12ClFN2/c1-9(10-2-4-11(15)5-3-10)17-12-6-7-13(14)16-8-12/h2-9,17H,1H3. The van der Waals surface area contributed by atoms with Gasteiger partial charge in [-0.15, -0.1) is 0 Å². The highest BCUT2D eigenvalue weighted by Crippen LogP contribution is 2.19. The number of nitrogens with one attached hydrogen (secondary N) is 1. The number of halogens is 2. The van der Waals surface area contributed by atoms with Crippen LogP contribution in [0.3, 0.4) is 0 Å². The van der Waals surface area contributed by atoms with Gasteiger partial charge in [0.15, 0.2) is 0 Å². The smallest absolute Gasteiger partial charge is 0.129 e. The molecule has 0 amide bonds. The third-order valence-electron chi connectivity index (χ3n) is 2.48. The SMILES string of the molecule is CC(Nc1ccc(Cl)nc1)c1ccc(F)cc1. The van der Waals surface area contributed by atoms with Crippen molar-refractivity contribution in [2.75, 3.05) is 5.32 Å². The Kier molecular flexibility index (Phi) is 3.59. The normalized spacial score (nSPS) is 12.2. The average Bonchev–Trinajstić information content (AvgIpc) is 2.33. The molecule has 0 radical (unpaired) electrons. The molecule has 1 heterocycles. The summed E-state index contributed by atoms with van der Waals surface area (Å²) in [6, 6.07) is 10.1. The zero-order valence-electron chi connectivity index (χ0n) is 9.32. The molecular formula is C13H12ClFN2. The Morgan fingerprint density at radius 3 is 2.47 bits per heavy atom. The molecule has 0 spiro atoms. The number of nitrogens with zero attached hydrogens (tertiary/aromatic N) is 1. The minimum Gasteiger partial charge on any atom is -0.377 e. The summed E-state index contributed by atoms with van der Waals surface area (Å²) < 4.78 is 12.8. The van der Waals surface area contributed by atoms with Gasteiger partial charge in [0.2, 0.25) is 0 Å². The van der Waals surface area contributed by atoms with Gasteiger partial charge in [-0.25, -0.2) is 9.37 Å². The van der Waals surface area contributed by atoms with Crippen LogP contribution in [-0.2, 0) is 0 Å². The predicted molar refractivity (Wildman–Crippen MR) is 67.7 cm³/mol. The van der Waals surface area contributed by atoms with Gasteiger partial charge in [-0.1, -0.05) is 23.7 Å². The number of rotatable bonds is 3. The first-order chi connectivity index (χ1) is 8.15. The van der Waals surface area contributed by atoms with Crippen LogP contribution in [0.4, 0.5) is 10.1 Å². The fraction of sp³-hybridized carbons (Fsp3) is 0.154. The number of benzene rings is 1. The second kappa shape index (κ2) is 5.15. The Hall–Kier alpha value is -1.61. The number of hydrogen-bond donors (Lipinski definition) is 1. The van der Waals surface area contributed by atoms with Crippen LogP contribution in [-0.4, -0.2) is 4.98 Å². The van der Waals surface area contributed by atoms with E-state index in [9.17, 15) is 4.39 Å². The predicted octanol–water partition coefficient (Wildman–Crippen LogP) is 4.05. The summed E-state index contributed by atoms with van der Waals surface area (Å²) in [5, 5.41) is 3.72. The van der Waals surface area contributed by atoms with Crippen molar-refractivity contribution in [3.63, 3.8) is 0 Å². The maximum Gasteiger partial charge on any atom is 0.129 e. The Bertz CT molecular complexity index is 482. The van der Waals surface area contributed by atoms with Crippen LogP contribution in [0.1, 0.15) is 18.5 Å². The Morgan fingerprint density at radius 2 is 1.88 bits per heavy atom. The second-order valence-electron chi connectivity index (χ2n) is 3.79. The van der Waals surface area contributed by atoms with Gasteiger partial charge in [-0.2, -0.15) is 0 Å². The summed E-state index contributed by atoms with van der Waals surface area (Å²) in [7, 11) is 0. The van der Waals surface area contributed by atoms with Crippen molar-refractivity contribution in [2.24, 2.45) is 0 Å². The van der Waals surface area contributed by atoms with E-state index in [-0.39, 0.29) is 11.9 Å². The topological polar surface area (TPSA) is 24.9 Å². The molecule has 0 saturated carbocycles. The third kappa shape index (κ3) is 3.17. The zero-order valence-corrected chi connectivity index (χ0v) is 10.1. The van der Waals surface area contributed by atoms with Crippen LogP contribution in [0.25, 0.3) is 0 Å². The van der Waals surface area contributed by atoms with Crippen molar-refractivity contribution in [3.05, 3.63) is 59.1 Å². The van der Waals surface area contributed by atoms with Gasteiger partial charge in [0.25, 0.3) is 0 Å². The van der Waals surface area contributed by atoms with Gasteiger partial charge in [0.1, 0.15) is 11.0 Å². The first-order valence-corrected chi connectivity index (χ1v) is 5.66. The lowest BCUT2D eigenvalue weighted by Crippen LogP contribution is -2.06. The molecule has 1 atom stereocenters. The summed E-state index contributed by atoms with van der Waals surface area (Å²) in [5.41, 5.74) is 1.90. The lowest BCUT2D eigenvalue weighted by molar-refractivity contribution is 0.626. The van der Waals surface area contributed by atoms with Crippen LogP contribution in [0.15, 0.2) is 42.6 Å². The molecule has 0 aliphatic heterocycles. The second-order valence-corrected chi connectivity index (χ2v) is 4.17. The molecule has 0 bridgehead atoms. The van der Waals surface area contributed by atoms with E-state index in [1.165, 1.54) is 12.1 Å². The zero-order chi connectivity index (χ0) is 12.3. The highest BCUT2D eigenvalue weighted by molar-refractivity contribution is 6.29. The number of hydrogen-bond acceptors (Lipinski definition) is 2. The minimum absolute atomic E-state index is 0.0820. The number of aromatic nitrogens is 1. The molecule has 1 aromatic heterocycles. The summed E-state index contributed by atoms with van der Waals surface area (Å²) in [6.45, 7) is 2.00. The first-order valence-electron chi connectivity index (χ1n) is 5.29. The van der Waals surface area contributed by atoms with Crippen LogP contribution >= 0.6 is 11.6 Å². The lowest BCUT2D eigenvalue weighted by atomic mass is 10.1. The molecular weight excluding hydrogens is 239 g/mol. The fourth-order valence-electron chi connectivity index (χ4n) is 1.55. The van der Waals surface area contributed by atoms with E-state index < -0.39 is 0 Å². The molecule has 88 valence electrons. The van der Waals surface area contributed by atoms with E-state index in [1.807, 2.05) is 13.0 Å². The summed E-state index contributed by atoms with van der Waals surface area (Å²) in [5.74, 6) is -0.228. The van der Waals surface area contributed by atoms with Gasteiger partial charge in [0, 0.05) is 6.04 Å². The van der Waals surface area contributed by atoms with Crippen LogP contribution in [0.5, 0.6) is 0 Å². The maximum absolute atomic E-state index is 12.8. The molecule has 1 N–H and O–H groups in total. The van der Waals surface area contributed by atoms with Crippen LogP contribution in [0, 0.1) is 5.82 Å². The van der Waals surface area contributed by atoms with Gasteiger partial charge in [-0.05, 0) is 36.8 Å². The molecule has 0 aliphatic rings. The van der Waals surface area contributed by atoms with Crippen molar-refractivity contribution < 1.29 is 4.39 Å². The highest BCUT2D eigenvalue weighted by atomic mass is 35.5. The maximum atomic E-state index is 12.8. The molecule has 0 aliphatic carbocycles. The van der Waals surface area contributed by atoms with E-state index in [4.69, 9.17) is 11.6 Å². The molecule has 4 heteroatoms. The van der Waals surface area contributed by atoms with E-state index in [1.54, 1.807) is 24.4 Å². The molecule has 0 saturated heterocycles. The minimum atomic E-state index is -0.228. The van der Waals surface area contributed by atoms with E-state index in [0.717, 1.165) is 11.3 Å². The Balaban J connectivity index is 2.08. The molecule has 2 nitrogen and oxygen atoms in total. The molecule has 2 aromatic rings. The van der Waals surface area contributed by atoms with Crippen LogP contribution < -0.4 is 5.32 Å². The van der Waals surface area contributed by atoms with Crippen molar-refractivity contribution in [1.82, 2.24) is 4.98 Å². The quantitative estimate of drug-likeness (QED) is 0.832. The van der Waals surface area contributed by atoms with Gasteiger partial charge in [-0.3, -0.25) is 0 Å². The van der Waals surface area contributed by atoms with Crippen molar-refractivity contribution in [2.45, 2.75) is 13.0 Å². The first kappa shape index (κ1) is 11.9. The van der Waals surface area contributed by atoms with E-state index >= 15 is 0 Å². The fourth-order valence-corrected chi connectivity index (χ4v) is 1.66.